The largest absolute Gasteiger partial charge is 0.366 e. The molecule has 0 radical (unpaired) electrons. The van der Waals surface area contributed by atoms with E-state index >= 15 is 0 Å². The molecule has 4 rings (SSSR count). The maximum atomic E-state index is 13.9. The third-order valence-corrected chi connectivity index (χ3v) is 4.68. The van der Waals surface area contributed by atoms with Gasteiger partial charge < -0.3 is 9.80 Å². The molecule has 1 aromatic heterocycles. The van der Waals surface area contributed by atoms with Crippen molar-refractivity contribution in [1.82, 2.24) is 15.1 Å². The molecular weight excluding hydrogens is 319 g/mol. The van der Waals surface area contributed by atoms with Crippen LogP contribution < -0.4 is 4.90 Å². The minimum atomic E-state index is -0.226. The molecule has 2 aromatic carbocycles. The number of hydrogen-bond donors (Lipinski definition) is 1. The van der Waals surface area contributed by atoms with Crippen LogP contribution in [0.15, 0.2) is 42.5 Å². The van der Waals surface area contributed by atoms with Crippen LogP contribution in [-0.4, -0.2) is 47.2 Å². The van der Waals surface area contributed by atoms with Gasteiger partial charge in [0, 0.05) is 31.6 Å². The molecule has 0 bridgehead atoms. The maximum Gasteiger partial charge on any atom is 0.275 e. The number of fused-ring (bicyclic) bond motifs is 1. The lowest BCUT2D eigenvalue weighted by Gasteiger charge is -2.36. The predicted molar refractivity (Wildman–Crippen MR) is 95.3 cm³/mol. The number of para-hydroxylation sites is 1. The van der Waals surface area contributed by atoms with E-state index < -0.39 is 0 Å². The molecule has 128 valence electrons. The number of nitrogens with zero attached hydrogens (tertiary/aromatic N) is 3. The first kappa shape index (κ1) is 15.6. The minimum Gasteiger partial charge on any atom is -0.366 e. The molecular formula is C19H19FN4O. The number of carbonyl (C=O) groups excluding carboxylic acids is 1. The third kappa shape index (κ3) is 2.84. The molecule has 1 fully saturated rings. The number of aromatic amines is 1. The van der Waals surface area contributed by atoms with Gasteiger partial charge in [-0.3, -0.25) is 9.89 Å². The maximum absolute atomic E-state index is 13.9. The predicted octanol–water partition coefficient (Wildman–Crippen LogP) is 2.97. The Morgan fingerprint density at radius 3 is 2.64 bits per heavy atom. The second-order valence-corrected chi connectivity index (χ2v) is 6.35. The minimum absolute atomic E-state index is 0.0787. The van der Waals surface area contributed by atoms with Crippen LogP contribution in [0.3, 0.4) is 0 Å². The van der Waals surface area contributed by atoms with Gasteiger partial charge in [0.25, 0.3) is 5.91 Å². The quantitative estimate of drug-likeness (QED) is 0.781. The summed E-state index contributed by atoms with van der Waals surface area (Å²) in [5.74, 6) is -0.305. The SMILES string of the molecule is Cc1ccc2[nH]nc(C(=O)N3CCN(c4ccccc4F)CC3)c2c1. The molecule has 5 nitrogen and oxygen atoms in total. The van der Waals surface area contributed by atoms with Crippen LogP contribution in [0.5, 0.6) is 0 Å². The second kappa shape index (κ2) is 6.20. The average molecular weight is 338 g/mol. The van der Waals surface area contributed by atoms with Gasteiger partial charge >= 0.3 is 0 Å². The zero-order valence-electron chi connectivity index (χ0n) is 14.0. The summed E-state index contributed by atoms with van der Waals surface area (Å²) in [4.78, 5) is 16.6. The van der Waals surface area contributed by atoms with Gasteiger partial charge in [0.1, 0.15) is 5.82 Å². The topological polar surface area (TPSA) is 52.2 Å². The van der Waals surface area contributed by atoms with E-state index in [1.54, 1.807) is 17.0 Å². The van der Waals surface area contributed by atoms with Crippen LogP contribution in [0.4, 0.5) is 10.1 Å². The van der Waals surface area contributed by atoms with Gasteiger partial charge in [-0.15, -0.1) is 0 Å². The van der Waals surface area contributed by atoms with E-state index in [4.69, 9.17) is 0 Å². The Hall–Kier alpha value is -2.89. The van der Waals surface area contributed by atoms with Gasteiger partial charge in [0.2, 0.25) is 0 Å². The normalized spacial score (nSPS) is 15.0. The fourth-order valence-corrected chi connectivity index (χ4v) is 3.30. The molecule has 0 atom stereocenters. The highest BCUT2D eigenvalue weighted by molar-refractivity contribution is 6.04. The highest BCUT2D eigenvalue weighted by Crippen LogP contribution is 2.22. The van der Waals surface area contributed by atoms with Crippen molar-refractivity contribution < 1.29 is 9.18 Å². The molecule has 2 heterocycles. The summed E-state index contributed by atoms with van der Waals surface area (Å²) in [6, 6.07) is 12.6. The van der Waals surface area contributed by atoms with Gasteiger partial charge in [0.15, 0.2) is 5.69 Å². The zero-order chi connectivity index (χ0) is 17.4. The Morgan fingerprint density at radius 1 is 1.12 bits per heavy atom. The zero-order valence-corrected chi connectivity index (χ0v) is 14.0. The van der Waals surface area contributed by atoms with Crippen LogP contribution in [0.25, 0.3) is 10.9 Å². The molecule has 1 aliphatic heterocycles. The highest BCUT2D eigenvalue weighted by Gasteiger charge is 2.26. The smallest absolute Gasteiger partial charge is 0.275 e. The van der Waals surface area contributed by atoms with Crippen molar-refractivity contribution in [3.8, 4) is 0 Å². The number of amides is 1. The van der Waals surface area contributed by atoms with Gasteiger partial charge in [-0.05, 0) is 31.2 Å². The number of aryl methyl sites for hydroxylation is 1. The molecule has 0 unspecified atom stereocenters. The van der Waals surface area contributed by atoms with Crippen LogP contribution in [-0.2, 0) is 0 Å². The lowest BCUT2D eigenvalue weighted by atomic mass is 10.1. The summed E-state index contributed by atoms with van der Waals surface area (Å²) < 4.78 is 13.9. The van der Waals surface area contributed by atoms with E-state index in [0.717, 1.165) is 16.5 Å². The standard InChI is InChI=1S/C19H19FN4O/c1-13-6-7-16-14(12-13)18(22-21-16)19(25)24-10-8-23(9-11-24)17-5-3-2-4-15(17)20/h2-7,12H,8-11H2,1H3,(H,21,22). The summed E-state index contributed by atoms with van der Waals surface area (Å²) in [6.45, 7) is 4.30. The molecule has 1 N–H and O–H groups in total. The van der Waals surface area contributed by atoms with E-state index in [2.05, 4.69) is 10.2 Å². The Balaban J connectivity index is 1.51. The monoisotopic (exact) mass is 338 g/mol. The fraction of sp³-hybridized carbons (Fsp3) is 0.263. The summed E-state index contributed by atoms with van der Waals surface area (Å²) in [6.07, 6.45) is 0. The Morgan fingerprint density at radius 2 is 1.88 bits per heavy atom. The number of H-pyrrole nitrogens is 1. The van der Waals surface area contributed by atoms with E-state index in [-0.39, 0.29) is 11.7 Å². The van der Waals surface area contributed by atoms with Gasteiger partial charge in [-0.25, -0.2) is 4.39 Å². The summed E-state index contributed by atoms with van der Waals surface area (Å²) in [7, 11) is 0. The highest BCUT2D eigenvalue weighted by atomic mass is 19.1. The number of rotatable bonds is 2. The number of halogens is 1. The van der Waals surface area contributed by atoms with E-state index in [1.807, 2.05) is 36.1 Å². The fourth-order valence-electron chi connectivity index (χ4n) is 3.30. The number of aromatic nitrogens is 2. The molecule has 1 aliphatic rings. The number of anilines is 1. The molecule has 0 saturated carbocycles. The number of carbonyl (C=O) groups is 1. The van der Waals surface area contributed by atoms with Crippen molar-refractivity contribution in [1.29, 1.82) is 0 Å². The van der Waals surface area contributed by atoms with E-state index in [0.29, 0.717) is 37.6 Å². The molecule has 0 spiro atoms. The van der Waals surface area contributed by atoms with Crippen molar-refractivity contribution in [2.75, 3.05) is 31.1 Å². The molecule has 3 aromatic rings. The van der Waals surface area contributed by atoms with Crippen molar-refractivity contribution >= 4 is 22.5 Å². The van der Waals surface area contributed by atoms with E-state index in [1.165, 1.54) is 6.07 Å². The second-order valence-electron chi connectivity index (χ2n) is 6.35. The molecule has 1 saturated heterocycles. The molecule has 1 amide bonds. The first-order valence-electron chi connectivity index (χ1n) is 8.37. The Labute approximate surface area is 145 Å². The lowest BCUT2D eigenvalue weighted by molar-refractivity contribution is 0.0742. The molecule has 6 heteroatoms. The van der Waals surface area contributed by atoms with Crippen LogP contribution in [0.2, 0.25) is 0 Å². The Bertz CT molecular complexity index is 928. The summed E-state index contributed by atoms with van der Waals surface area (Å²) in [5, 5.41) is 7.98. The third-order valence-electron chi connectivity index (χ3n) is 4.68. The summed E-state index contributed by atoms with van der Waals surface area (Å²) in [5.41, 5.74) is 3.00. The average Bonchev–Trinajstić information content (AvgIpc) is 3.05. The van der Waals surface area contributed by atoms with Gasteiger partial charge in [0.05, 0.1) is 11.2 Å². The summed E-state index contributed by atoms with van der Waals surface area (Å²) >= 11 is 0. The molecule has 0 aliphatic carbocycles. The van der Waals surface area contributed by atoms with Gasteiger partial charge in [-0.1, -0.05) is 23.8 Å². The van der Waals surface area contributed by atoms with E-state index in [9.17, 15) is 9.18 Å². The van der Waals surface area contributed by atoms with Crippen LogP contribution in [0.1, 0.15) is 16.1 Å². The van der Waals surface area contributed by atoms with Gasteiger partial charge in [-0.2, -0.15) is 5.10 Å². The number of hydrogen-bond acceptors (Lipinski definition) is 3. The van der Waals surface area contributed by atoms with Crippen LogP contribution >= 0.6 is 0 Å². The first-order chi connectivity index (χ1) is 12.1. The van der Waals surface area contributed by atoms with Crippen molar-refractivity contribution in [3.63, 3.8) is 0 Å². The Kier molecular flexibility index (Phi) is 3.87. The first-order valence-corrected chi connectivity index (χ1v) is 8.37. The number of nitrogens with one attached hydrogen (secondary N) is 1. The lowest BCUT2D eigenvalue weighted by Crippen LogP contribution is -2.49. The number of piperazine rings is 1. The van der Waals surface area contributed by atoms with Crippen molar-refractivity contribution in [3.05, 3.63) is 59.5 Å². The van der Waals surface area contributed by atoms with Crippen molar-refractivity contribution in [2.45, 2.75) is 6.92 Å². The number of benzene rings is 2. The molecule has 25 heavy (non-hydrogen) atoms. The van der Waals surface area contributed by atoms with Crippen LogP contribution in [0, 0.1) is 12.7 Å². The van der Waals surface area contributed by atoms with Crippen molar-refractivity contribution in [2.24, 2.45) is 0 Å².